The average Bonchev–Trinajstić information content (AvgIpc) is 2.95. The fraction of sp³-hybridized carbons (Fsp3) is 0.308. The monoisotopic (exact) mass is 283 g/mol. The summed E-state index contributed by atoms with van der Waals surface area (Å²) in [6.07, 6.45) is 1.41. The van der Waals surface area contributed by atoms with Crippen LogP contribution in [0.4, 0.5) is 0 Å². The van der Waals surface area contributed by atoms with Crippen LogP contribution >= 0.6 is 22.9 Å². The van der Waals surface area contributed by atoms with Gasteiger partial charge in [0, 0.05) is 4.88 Å². The minimum atomic E-state index is -0.208. The minimum absolute atomic E-state index is 0.0107. The third-order valence-corrected chi connectivity index (χ3v) is 3.91. The molecule has 96 valence electrons. The van der Waals surface area contributed by atoms with Crippen LogP contribution < -0.4 is 5.32 Å². The predicted octanol–water partition coefficient (Wildman–Crippen LogP) is 4.12. The van der Waals surface area contributed by atoms with Crippen LogP contribution in [0.2, 0.25) is 5.22 Å². The summed E-state index contributed by atoms with van der Waals surface area (Å²) in [5.41, 5.74) is 0.374. The fourth-order valence-corrected chi connectivity index (χ4v) is 2.86. The molecule has 2 rings (SSSR count). The molecule has 0 fully saturated rings. The van der Waals surface area contributed by atoms with E-state index in [1.165, 1.54) is 6.26 Å². The van der Waals surface area contributed by atoms with Crippen LogP contribution in [0.3, 0.4) is 0 Å². The van der Waals surface area contributed by atoms with Gasteiger partial charge in [0.05, 0.1) is 17.9 Å². The van der Waals surface area contributed by atoms with E-state index in [1.54, 1.807) is 17.4 Å². The van der Waals surface area contributed by atoms with Gasteiger partial charge in [-0.3, -0.25) is 4.79 Å². The average molecular weight is 284 g/mol. The smallest absolute Gasteiger partial charge is 0.256 e. The summed E-state index contributed by atoms with van der Waals surface area (Å²) in [5.74, 6) is 0.0964. The molecule has 0 aromatic carbocycles. The molecule has 0 aliphatic heterocycles. The topological polar surface area (TPSA) is 42.2 Å². The fourth-order valence-electron chi connectivity index (χ4n) is 1.71. The molecule has 0 saturated heterocycles. The Morgan fingerprint density at radius 1 is 1.44 bits per heavy atom. The first-order valence-corrected chi connectivity index (χ1v) is 6.92. The van der Waals surface area contributed by atoms with Gasteiger partial charge in [-0.1, -0.05) is 19.9 Å². The van der Waals surface area contributed by atoms with Crippen LogP contribution in [0.25, 0.3) is 0 Å². The molecule has 18 heavy (non-hydrogen) atoms. The second kappa shape index (κ2) is 5.59. The van der Waals surface area contributed by atoms with E-state index in [1.807, 2.05) is 17.5 Å². The lowest BCUT2D eigenvalue weighted by molar-refractivity contribution is 0.0926. The Hall–Kier alpha value is -1.26. The molecule has 0 saturated carbocycles. The van der Waals surface area contributed by atoms with Gasteiger partial charge in [-0.15, -0.1) is 11.3 Å². The summed E-state index contributed by atoms with van der Waals surface area (Å²) in [6, 6.07) is 5.56. The van der Waals surface area contributed by atoms with Crippen LogP contribution in [0, 0.1) is 5.92 Å². The lowest BCUT2D eigenvalue weighted by Gasteiger charge is -2.20. The molecule has 0 aliphatic rings. The third-order valence-electron chi connectivity index (χ3n) is 2.67. The normalized spacial score (nSPS) is 12.7. The highest BCUT2D eigenvalue weighted by Gasteiger charge is 2.22. The number of halogens is 1. The van der Waals surface area contributed by atoms with Crippen molar-refractivity contribution in [2.45, 2.75) is 19.9 Å². The van der Waals surface area contributed by atoms with Crippen LogP contribution in [0.5, 0.6) is 0 Å². The maximum absolute atomic E-state index is 12.1. The van der Waals surface area contributed by atoms with Gasteiger partial charge in [-0.25, -0.2) is 0 Å². The van der Waals surface area contributed by atoms with E-state index >= 15 is 0 Å². The van der Waals surface area contributed by atoms with Gasteiger partial charge < -0.3 is 9.73 Å². The second-order valence-electron chi connectivity index (χ2n) is 4.32. The van der Waals surface area contributed by atoms with Gasteiger partial charge in [0.25, 0.3) is 5.91 Å². The summed E-state index contributed by atoms with van der Waals surface area (Å²) in [4.78, 5) is 13.2. The van der Waals surface area contributed by atoms with E-state index < -0.39 is 0 Å². The molecule has 1 atom stereocenters. The Kier molecular flexibility index (Phi) is 4.09. The molecule has 0 radical (unpaired) electrons. The highest BCUT2D eigenvalue weighted by Crippen LogP contribution is 2.27. The van der Waals surface area contributed by atoms with Crippen molar-refractivity contribution in [3.8, 4) is 0 Å². The molecule has 0 bridgehead atoms. The number of carbonyl (C=O) groups excluding carboxylic acids is 1. The van der Waals surface area contributed by atoms with Crippen molar-refractivity contribution in [3.63, 3.8) is 0 Å². The summed E-state index contributed by atoms with van der Waals surface area (Å²) in [5, 5.41) is 5.12. The van der Waals surface area contributed by atoms with Gasteiger partial charge in [-0.2, -0.15) is 0 Å². The van der Waals surface area contributed by atoms with E-state index in [-0.39, 0.29) is 17.2 Å². The molecule has 0 aliphatic carbocycles. The van der Waals surface area contributed by atoms with E-state index in [4.69, 9.17) is 16.0 Å². The summed E-state index contributed by atoms with van der Waals surface area (Å²) in [6.45, 7) is 4.14. The largest absolute Gasteiger partial charge is 0.452 e. The Balaban J connectivity index is 2.16. The standard InChI is InChI=1S/C13H14ClNO2S/c1-8(2)11(10-4-3-7-18-10)15-13(16)9-5-6-17-12(9)14/h3-8,11H,1-2H3,(H,15,16). The van der Waals surface area contributed by atoms with Crippen molar-refractivity contribution < 1.29 is 9.21 Å². The Morgan fingerprint density at radius 3 is 2.72 bits per heavy atom. The number of hydrogen-bond acceptors (Lipinski definition) is 3. The number of rotatable bonds is 4. The van der Waals surface area contributed by atoms with E-state index in [0.29, 0.717) is 11.5 Å². The molecule has 0 spiro atoms. The molecule has 2 heterocycles. The number of carbonyl (C=O) groups is 1. The van der Waals surface area contributed by atoms with Crippen LogP contribution in [0.15, 0.2) is 34.3 Å². The van der Waals surface area contributed by atoms with E-state index in [0.717, 1.165) is 4.88 Å². The Bertz CT molecular complexity index is 519. The number of thiophene rings is 1. The van der Waals surface area contributed by atoms with Crippen molar-refractivity contribution in [2.24, 2.45) is 5.92 Å². The van der Waals surface area contributed by atoms with Crippen molar-refractivity contribution >= 4 is 28.8 Å². The quantitative estimate of drug-likeness (QED) is 0.917. The van der Waals surface area contributed by atoms with Gasteiger partial charge in [0.2, 0.25) is 5.22 Å². The summed E-state index contributed by atoms with van der Waals surface area (Å²) < 4.78 is 4.93. The Labute approximate surface area is 115 Å². The van der Waals surface area contributed by atoms with Crippen molar-refractivity contribution in [1.29, 1.82) is 0 Å². The van der Waals surface area contributed by atoms with Gasteiger partial charge in [-0.05, 0) is 35.0 Å². The molecular formula is C13H14ClNO2S. The third kappa shape index (κ3) is 2.76. The molecule has 5 heteroatoms. The first-order valence-electron chi connectivity index (χ1n) is 5.67. The van der Waals surface area contributed by atoms with Gasteiger partial charge in [0.1, 0.15) is 0 Å². The second-order valence-corrected chi connectivity index (χ2v) is 5.64. The number of furan rings is 1. The van der Waals surface area contributed by atoms with E-state index in [2.05, 4.69) is 19.2 Å². The number of amides is 1. The molecule has 2 aromatic heterocycles. The maximum atomic E-state index is 12.1. The van der Waals surface area contributed by atoms with Crippen LogP contribution in [-0.4, -0.2) is 5.91 Å². The summed E-state index contributed by atoms with van der Waals surface area (Å²) in [7, 11) is 0. The molecule has 1 N–H and O–H groups in total. The lowest BCUT2D eigenvalue weighted by atomic mass is 10.0. The predicted molar refractivity (Wildman–Crippen MR) is 73.1 cm³/mol. The minimum Gasteiger partial charge on any atom is -0.452 e. The highest BCUT2D eigenvalue weighted by atomic mass is 35.5. The first kappa shape index (κ1) is 13.2. The number of nitrogens with one attached hydrogen (secondary N) is 1. The maximum Gasteiger partial charge on any atom is 0.256 e. The Morgan fingerprint density at radius 2 is 2.22 bits per heavy atom. The van der Waals surface area contributed by atoms with Gasteiger partial charge >= 0.3 is 0 Å². The van der Waals surface area contributed by atoms with Crippen molar-refractivity contribution in [3.05, 3.63) is 45.5 Å². The summed E-state index contributed by atoms with van der Waals surface area (Å²) >= 11 is 7.43. The zero-order chi connectivity index (χ0) is 13.1. The molecule has 1 unspecified atom stereocenters. The van der Waals surface area contributed by atoms with Crippen LogP contribution in [-0.2, 0) is 0 Å². The molecular weight excluding hydrogens is 270 g/mol. The number of hydrogen-bond donors (Lipinski definition) is 1. The SMILES string of the molecule is CC(C)C(NC(=O)c1ccoc1Cl)c1cccs1. The van der Waals surface area contributed by atoms with E-state index in [9.17, 15) is 4.79 Å². The first-order chi connectivity index (χ1) is 8.59. The molecule has 2 aromatic rings. The van der Waals surface area contributed by atoms with Crippen LogP contribution in [0.1, 0.15) is 35.1 Å². The molecule has 3 nitrogen and oxygen atoms in total. The molecule has 1 amide bonds. The van der Waals surface area contributed by atoms with Gasteiger partial charge in [0.15, 0.2) is 0 Å². The zero-order valence-electron chi connectivity index (χ0n) is 10.1. The highest BCUT2D eigenvalue weighted by molar-refractivity contribution is 7.10. The lowest BCUT2D eigenvalue weighted by Crippen LogP contribution is -2.31. The van der Waals surface area contributed by atoms with Crippen molar-refractivity contribution in [1.82, 2.24) is 5.32 Å². The zero-order valence-corrected chi connectivity index (χ0v) is 11.7. The van der Waals surface area contributed by atoms with Crippen molar-refractivity contribution in [2.75, 3.05) is 0 Å².